The Morgan fingerprint density at radius 2 is 2.53 bits per heavy atom. The molecule has 3 rings (SSSR count). The van der Waals surface area contributed by atoms with Crippen LogP contribution in [0.2, 0.25) is 0 Å². The molecule has 0 spiro atoms. The summed E-state index contributed by atoms with van der Waals surface area (Å²) in [5, 5.41) is 7.70. The lowest BCUT2D eigenvalue weighted by atomic mass is 10.2. The molecule has 5 nitrogen and oxygen atoms in total. The van der Waals surface area contributed by atoms with Crippen LogP contribution in [0.4, 0.5) is 5.82 Å². The van der Waals surface area contributed by atoms with Gasteiger partial charge in [-0.15, -0.1) is 0 Å². The minimum atomic E-state index is 0.320. The highest BCUT2D eigenvalue weighted by molar-refractivity contribution is 5.67. The topological polar surface area (TPSA) is 51.5 Å². The first-order valence-electron chi connectivity index (χ1n) is 5.99. The number of ether oxygens (including phenoxy) is 1. The van der Waals surface area contributed by atoms with E-state index < -0.39 is 0 Å². The van der Waals surface area contributed by atoms with Gasteiger partial charge in [0.2, 0.25) is 0 Å². The van der Waals surface area contributed by atoms with Crippen molar-refractivity contribution in [3.8, 4) is 0 Å². The first kappa shape index (κ1) is 10.5. The van der Waals surface area contributed by atoms with Crippen LogP contribution in [0, 0.1) is 6.92 Å². The van der Waals surface area contributed by atoms with E-state index in [4.69, 9.17) is 4.74 Å². The summed E-state index contributed by atoms with van der Waals surface area (Å²) in [5.41, 5.74) is 2.01. The molecule has 5 heteroatoms. The Labute approximate surface area is 99.8 Å². The maximum Gasteiger partial charge on any atom is 0.152 e. The van der Waals surface area contributed by atoms with Crippen molar-refractivity contribution in [2.45, 2.75) is 25.9 Å². The number of fused-ring (bicyclic) bond motifs is 1. The highest BCUT2D eigenvalue weighted by Gasteiger charge is 2.15. The summed E-state index contributed by atoms with van der Waals surface area (Å²) in [6.45, 7) is 3.68. The molecular weight excluding hydrogens is 216 g/mol. The average Bonchev–Trinajstić information content (AvgIpc) is 2.93. The van der Waals surface area contributed by atoms with Crippen LogP contribution in [0.25, 0.3) is 5.52 Å². The predicted octanol–water partition coefficient (Wildman–Crippen LogP) is 1.63. The molecule has 1 saturated heterocycles. The van der Waals surface area contributed by atoms with Crippen molar-refractivity contribution >= 4 is 11.3 Å². The van der Waals surface area contributed by atoms with Gasteiger partial charge in [-0.05, 0) is 25.8 Å². The fourth-order valence-corrected chi connectivity index (χ4v) is 2.20. The van der Waals surface area contributed by atoms with Gasteiger partial charge in [0.25, 0.3) is 0 Å². The number of rotatable bonds is 3. The van der Waals surface area contributed by atoms with Gasteiger partial charge < -0.3 is 10.1 Å². The molecule has 0 aromatic carbocycles. The number of nitrogens with one attached hydrogen (secondary N) is 1. The van der Waals surface area contributed by atoms with Crippen molar-refractivity contribution in [3.05, 3.63) is 24.2 Å². The van der Waals surface area contributed by atoms with Crippen LogP contribution >= 0.6 is 0 Å². The van der Waals surface area contributed by atoms with Crippen LogP contribution in [-0.4, -0.2) is 33.9 Å². The minimum Gasteiger partial charge on any atom is -0.376 e. The molecule has 0 bridgehead atoms. The second kappa shape index (κ2) is 4.33. The SMILES string of the molecule is Cc1cc2c(NCC3CCCO3)nccn2n1. The standard InChI is InChI=1S/C12H16N4O/c1-9-7-11-12(13-4-5-16(11)15-9)14-8-10-3-2-6-17-10/h4-5,7,10H,2-3,6,8H2,1H3,(H,13,14). The number of nitrogens with zero attached hydrogens (tertiary/aromatic N) is 3. The van der Waals surface area contributed by atoms with Crippen molar-refractivity contribution in [2.75, 3.05) is 18.5 Å². The third-order valence-corrected chi connectivity index (χ3v) is 3.03. The van der Waals surface area contributed by atoms with Gasteiger partial charge in [-0.25, -0.2) is 9.50 Å². The van der Waals surface area contributed by atoms with Gasteiger partial charge in [0.15, 0.2) is 5.82 Å². The van der Waals surface area contributed by atoms with Gasteiger partial charge in [0.05, 0.1) is 11.8 Å². The molecule has 1 N–H and O–H groups in total. The summed E-state index contributed by atoms with van der Waals surface area (Å²) in [5.74, 6) is 0.878. The van der Waals surface area contributed by atoms with Crippen LogP contribution in [0.5, 0.6) is 0 Å². The number of aryl methyl sites for hydroxylation is 1. The molecule has 2 aromatic rings. The van der Waals surface area contributed by atoms with Gasteiger partial charge >= 0.3 is 0 Å². The lowest BCUT2D eigenvalue weighted by molar-refractivity contribution is 0.120. The Kier molecular flexibility index (Phi) is 2.68. The molecule has 90 valence electrons. The molecule has 1 fully saturated rings. The number of hydrogen-bond acceptors (Lipinski definition) is 4. The fraction of sp³-hybridized carbons (Fsp3) is 0.500. The largest absolute Gasteiger partial charge is 0.376 e. The van der Waals surface area contributed by atoms with E-state index in [-0.39, 0.29) is 0 Å². The van der Waals surface area contributed by atoms with Gasteiger partial charge in [-0.2, -0.15) is 5.10 Å². The van der Waals surface area contributed by atoms with Crippen LogP contribution in [0.3, 0.4) is 0 Å². The van der Waals surface area contributed by atoms with Crippen molar-refractivity contribution in [1.29, 1.82) is 0 Å². The Morgan fingerprint density at radius 3 is 3.35 bits per heavy atom. The number of aromatic nitrogens is 3. The van der Waals surface area contributed by atoms with Gasteiger partial charge in [-0.3, -0.25) is 0 Å². The maximum absolute atomic E-state index is 5.58. The molecule has 0 saturated carbocycles. The molecule has 0 aliphatic carbocycles. The van der Waals surface area contributed by atoms with E-state index in [9.17, 15) is 0 Å². The molecule has 0 radical (unpaired) electrons. The summed E-state index contributed by atoms with van der Waals surface area (Å²) >= 11 is 0. The monoisotopic (exact) mass is 232 g/mol. The fourth-order valence-electron chi connectivity index (χ4n) is 2.20. The summed E-state index contributed by atoms with van der Waals surface area (Å²) in [6, 6.07) is 2.03. The van der Waals surface area contributed by atoms with E-state index in [1.54, 1.807) is 6.20 Å². The van der Waals surface area contributed by atoms with E-state index in [0.717, 1.165) is 43.0 Å². The first-order chi connectivity index (χ1) is 8.33. The van der Waals surface area contributed by atoms with Crippen molar-refractivity contribution in [1.82, 2.24) is 14.6 Å². The maximum atomic E-state index is 5.58. The molecule has 1 aliphatic rings. The summed E-state index contributed by atoms with van der Waals surface area (Å²) in [6.07, 6.45) is 6.24. The normalized spacial score (nSPS) is 19.9. The highest BCUT2D eigenvalue weighted by atomic mass is 16.5. The lowest BCUT2D eigenvalue weighted by Crippen LogP contribution is -2.19. The Morgan fingerprint density at radius 1 is 1.59 bits per heavy atom. The second-order valence-electron chi connectivity index (χ2n) is 4.41. The molecule has 3 heterocycles. The van der Waals surface area contributed by atoms with Crippen molar-refractivity contribution in [2.24, 2.45) is 0 Å². The van der Waals surface area contributed by atoms with E-state index in [0.29, 0.717) is 6.10 Å². The molecule has 1 atom stereocenters. The molecule has 1 unspecified atom stereocenters. The number of anilines is 1. The zero-order valence-electron chi connectivity index (χ0n) is 9.89. The quantitative estimate of drug-likeness (QED) is 0.873. The molecular formula is C12H16N4O. The van der Waals surface area contributed by atoms with Crippen molar-refractivity contribution < 1.29 is 4.74 Å². The lowest BCUT2D eigenvalue weighted by Gasteiger charge is -2.11. The van der Waals surface area contributed by atoms with Crippen LogP contribution in [0.15, 0.2) is 18.5 Å². The third-order valence-electron chi connectivity index (χ3n) is 3.03. The van der Waals surface area contributed by atoms with E-state index in [1.807, 2.05) is 23.7 Å². The summed E-state index contributed by atoms with van der Waals surface area (Å²) in [7, 11) is 0. The Bertz CT molecular complexity index is 516. The zero-order valence-corrected chi connectivity index (χ0v) is 9.89. The molecule has 17 heavy (non-hydrogen) atoms. The van der Waals surface area contributed by atoms with Gasteiger partial charge in [0.1, 0.15) is 5.52 Å². The minimum absolute atomic E-state index is 0.320. The Balaban J connectivity index is 1.79. The van der Waals surface area contributed by atoms with Crippen LogP contribution in [-0.2, 0) is 4.74 Å². The smallest absolute Gasteiger partial charge is 0.152 e. The van der Waals surface area contributed by atoms with Gasteiger partial charge in [-0.1, -0.05) is 0 Å². The highest BCUT2D eigenvalue weighted by Crippen LogP contribution is 2.17. The Hall–Kier alpha value is -1.62. The summed E-state index contributed by atoms with van der Waals surface area (Å²) in [4.78, 5) is 4.35. The van der Waals surface area contributed by atoms with Crippen LogP contribution < -0.4 is 5.32 Å². The van der Waals surface area contributed by atoms with Crippen LogP contribution in [0.1, 0.15) is 18.5 Å². The number of hydrogen-bond donors (Lipinski definition) is 1. The predicted molar refractivity (Wildman–Crippen MR) is 65.2 cm³/mol. The molecule has 2 aromatic heterocycles. The molecule has 1 aliphatic heterocycles. The molecule has 0 amide bonds. The second-order valence-corrected chi connectivity index (χ2v) is 4.41. The van der Waals surface area contributed by atoms with Crippen molar-refractivity contribution in [3.63, 3.8) is 0 Å². The van der Waals surface area contributed by atoms with E-state index in [2.05, 4.69) is 15.4 Å². The third kappa shape index (κ3) is 2.10. The summed E-state index contributed by atoms with van der Waals surface area (Å²) < 4.78 is 7.43. The first-order valence-corrected chi connectivity index (χ1v) is 5.99. The van der Waals surface area contributed by atoms with E-state index in [1.165, 1.54) is 0 Å². The zero-order chi connectivity index (χ0) is 11.7. The van der Waals surface area contributed by atoms with Gasteiger partial charge in [0, 0.05) is 25.5 Å². The van der Waals surface area contributed by atoms with E-state index >= 15 is 0 Å². The average molecular weight is 232 g/mol.